The second-order valence-electron chi connectivity index (χ2n) is 6.52. The summed E-state index contributed by atoms with van der Waals surface area (Å²) in [6, 6.07) is 14.0. The fraction of sp³-hybridized carbons (Fsp3) is 0.227. The van der Waals surface area contributed by atoms with Crippen LogP contribution < -0.4 is 24.8 Å². The third-order valence-electron chi connectivity index (χ3n) is 4.59. The summed E-state index contributed by atoms with van der Waals surface area (Å²) in [6.45, 7) is 0. The van der Waals surface area contributed by atoms with Crippen LogP contribution in [0.2, 0.25) is 0 Å². The van der Waals surface area contributed by atoms with Crippen LogP contribution in [-0.4, -0.2) is 40.4 Å². The summed E-state index contributed by atoms with van der Waals surface area (Å²) in [5.74, 6) is 2.21. The van der Waals surface area contributed by atoms with Gasteiger partial charge in [-0.25, -0.2) is 4.98 Å². The van der Waals surface area contributed by atoms with Gasteiger partial charge in [0.1, 0.15) is 5.82 Å². The quantitative estimate of drug-likeness (QED) is 0.696. The van der Waals surface area contributed by atoms with Crippen LogP contribution in [0.1, 0.15) is 0 Å². The van der Waals surface area contributed by atoms with Crippen molar-refractivity contribution in [2.45, 2.75) is 0 Å². The number of nitrogens with zero attached hydrogens (tertiary/aromatic N) is 2. The molecule has 0 radical (unpaired) electrons. The van der Waals surface area contributed by atoms with E-state index in [1.165, 1.54) is 0 Å². The number of hydrogen-bond acceptors (Lipinski definition) is 6. The average molecular weight is 379 g/mol. The number of nitrogen functional groups attached to an aromatic ring is 1. The highest BCUT2D eigenvalue weighted by Gasteiger charge is 2.15. The minimum Gasteiger partial charge on any atom is -0.493 e. The van der Waals surface area contributed by atoms with Crippen LogP contribution in [0, 0.1) is 0 Å². The molecule has 6 heteroatoms. The van der Waals surface area contributed by atoms with Crippen molar-refractivity contribution in [3.63, 3.8) is 0 Å². The molecule has 0 unspecified atom stereocenters. The highest BCUT2D eigenvalue weighted by Crippen LogP contribution is 2.42. The first-order valence-corrected chi connectivity index (χ1v) is 8.82. The van der Waals surface area contributed by atoms with Gasteiger partial charge < -0.3 is 24.8 Å². The van der Waals surface area contributed by atoms with Crippen LogP contribution in [-0.2, 0) is 0 Å². The first-order valence-electron chi connectivity index (χ1n) is 8.82. The molecule has 2 aromatic carbocycles. The maximum atomic E-state index is 6.19. The van der Waals surface area contributed by atoms with Crippen LogP contribution in [0.3, 0.4) is 0 Å². The zero-order valence-corrected chi connectivity index (χ0v) is 16.8. The largest absolute Gasteiger partial charge is 0.493 e. The van der Waals surface area contributed by atoms with Gasteiger partial charge in [0, 0.05) is 37.1 Å². The van der Waals surface area contributed by atoms with Gasteiger partial charge in [0.25, 0.3) is 0 Å². The number of anilines is 2. The maximum Gasteiger partial charge on any atom is 0.203 e. The number of benzene rings is 2. The molecule has 3 rings (SSSR count). The van der Waals surface area contributed by atoms with E-state index in [9.17, 15) is 0 Å². The Morgan fingerprint density at radius 1 is 0.821 bits per heavy atom. The van der Waals surface area contributed by atoms with Crippen molar-refractivity contribution < 1.29 is 14.2 Å². The van der Waals surface area contributed by atoms with Crippen molar-refractivity contribution in [2.75, 3.05) is 46.1 Å². The Bertz CT molecular complexity index is 962. The van der Waals surface area contributed by atoms with Gasteiger partial charge in [-0.15, -0.1) is 0 Å². The van der Waals surface area contributed by atoms with Gasteiger partial charge in [-0.3, -0.25) is 0 Å². The van der Waals surface area contributed by atoms with E-state index in [2.05, 4.69) is 22.0 Å². The Labute approximate surface area is 165 Å². The Morgan fingerprint density at radius 3 is 2.07 bits per heavy atom. The number of pyridine rings is 1. The molecule has 0 aliphatic carbocycles. The summed E-state index contributed by atoms with van der Waals surface area (Å²) in [6.07, 6.45) is 1.75. The van der Waals surface area contributed by atoms with Crippen molar-refractivity contribution in [3.8, 4) is 39.5 Å². The maximum absolute atomic E-state index is 6.19. The van der Waals surface area contributed by atoms with Gasteiger partial charge in [0.15, 0.2) is 11.5 Å². The molecule has 1 heterocycles. The minimum atomic E-state index is 0.479. The van der Waals surface area contributed by atoms with E-state index in [1.54, 1.807) is 27.5 Å². The third-order valence-corrected chi connectivity index (χ3v) is 4.59. The fourth-order valence-electron chi connectivity index (χ4n) is 3.06. The lowest BCUT2D eigenvalue weighted by Crippen LogP contribution is -2.08. The molecule has 0 fully saturated rings. The molecular formula is C22H25N3O3. The zero-order valence-electron chi connectivity index (χ0n) is 16.8. The highest BCUT2D eigenvalue weighted by atomic mass is 16.5. The molecule has 0 aliphatic heterocycles. The summed E-state index contributed by atoms with van der Waals surface area (Å²) in [5, 5.41) is 0. The standard InChI is InChI=1S/C22H25N3O3/c1-25(2)17-8-6-7-14(9-17)18-10-16(13-24-22(18)23)15-11-19(26-3)21(28-5)20(12-15)27-4/h6-13H,1-5H3,(H2,23,24). The molecule has 0 bridgehead atoms. The van der Waals surface area contributed by atoms with E-state index in [4.69, 9.17) is 19.9 Å². The molecule has 0 spiro atoms. The molecular weight excluding hydrogens is 354 g/mol. The first kappa shape index (κ1) is 19.4. The molecule has 6 nitrogen and oxygen atoms in total. The van der Waals surface area contributed by atoms with Crippen molar-refractivity contribution in [1.82, 2.24) is 4.98 Å². The molecule has 1 aromatic heterocycles. The monoisotopic (exact) mass is 379 g/mol. The summed E-state index contributed by atoms with van der Waals surface area (Å²) in [5.41, 5.74) is 11.0. The Morgan fingerprint density at radius 2 is 1.50 bits per heavy atom. The highest BCUT2D eigenvalue weighted by molar-refractivity contribution is 5.82. The predicted molar refractivity (Wildman–Crippen MR) is 114 cm³/mol. The minimum absolute atomic E-state index is 0.479. The molecule has 0 saturated carbocycles. The number of rotatable bonds is 6. The summed E-state index contributed by atoms with van der Waals surface area (Å²) in [4.78, 5) is 6.46. The van der Waals surface area contributed by atoms with Crippen LogP contribution in [0.25, 0.3) is 22.3 Å². The van der Waals surface area contributed by atoms with Crippen molar-refractivity contribution in [3.05, 3.63) is 48.7 Å². The molecule has 0 amide bonds. The van der Waals surface area contributed by atoms with Crippen molar-refractivity contribution in [2.24, 2.45) is 0 Å². The Balaban J connectivity index is 2.13. The third kappa shape index (κ3) is 3.67. The smallest absolute Gasteiger partial charge is 0.203 e. The molecule has 0 saturated heterocycles. The van der Waals surface area contributed by atoms with Gasteiger partial charge in [0.2, 0.25) is 5.75 Å². The van der Waals surface area contributed by atoms with Gasteiger partial charge in [0.05, 0.1) is 21.3 Å². The number of ether oxygens (including phenoxy) is 3. The van der Waals surface area contributed by atoms with Gasteiger partial charge in [-0.2, -0.15) is 0 Å². The Kier molecular flexibility index (Phi) is 5.59. The molecule has 0 aliphatic rings. The zero-order chi connectivity index (χ0) is 20.3. The van der Waals surface area contributed by atoms with E-state index in [-0.39, 0.29) is 0 Å². The van der Waals surface area contributed by atoms with E-state index in [0.29, 0.717) is 23.1 Å². The van der Waals surface area contributed by atoms with Gasteiger partial charge in [-0.1, -0.05) is 12.1 Å². The van der Waals surface area contributed by atoms with E-state index in [0.717, 1.165) is 27.9 Å². The number of methoxy groups -OCH3 is 3. The van der Waals surface area contributed by atoms with E-state index >= 15 is 0 Å². The molecule has 3 aromatic rings. The lowest BCUT2D eigenvalue weighted by atomic mass is 10.00. The molecule has 28 heavy (non-hydrogen) atoms. The van der Waals surface area contributed by atoms with Crippen molar-refractivity contribution >= 4 is 11.5 Å². The predicted octanol–water partition coefficient (Wildman–Crippen LogP) is 4.09. The lowest BCUT2D eigenvalue weighted by Gasteiger charge is -2.16. The topological polar surface area (TPSA) is 69.8 Å². The van der Waals surface area contributed by atoms with Crippen LogP contribution in [0.4, 0.5) is 11.5 Å². The fourth-order valence-corrected chi connectivity index (χ4v) is 3.06. The van der Waals surface area contributed by atoms with Gasteiger partial charge >= 0.3 is 0 Å². The van der Waals surface area contributed by atoms with Crippen LogP contribution in [0.15, 0.2) is 48.7 Å². The second-order valence-corrected chi connectivity index (χ2v) is 6.52. The van der Waals surface area contributed by atoms with E-state index in [1.807, 2.05) is 44.4 Å². The second kappa shape index (κ2) is 8.08. The van der Waals surface area contributed by atoms with Gasteiger partial charge in [-0.05, 0) is 41.5 Å². The van der Waals surface area contributed by atoms with Crippen LogP contribution >= 0.6 is 0 Å². The Hall–Kier alpha value is -3.41. The number of hydrogen-bond donors (Lipinski definition) is 1. The molecule has 2 N–H and O–H groups in total. The number of nitrogens with two attached hydrogens (primary N) is 1. The number of aromatic nitrogens is 1. The van der Waals surface area contributed by atoms with E-state index < -0.39 is 0 Å². The SMILES string of the molecule is COc1cc(-c2cnc(N)c(-c3cccc(N(C)C)c3)c2)cc(OC)c1OC. The molecule has 0 atom stereocenters. The van der Waals surface area contributed by atoms with Crippen molar-refractivity contribution in [1.29, 1.82) is 0 Å². The summed E-state index contributed by atoms with van der Waals surface area (Å²) >= 11 is 0. The average Bonchev–Trinajstić information content (AvgIpc) is 2.72. The normalized spacial score (nSPS) is 10.5. The van der Waals surface area contributed by atoms with Crippen LogP contribution in [0.5, 0.6) is 17.2 Å². The lowest BCUT2D eigenvalue weighted by molar-refractivity contribution is 0.324. The summed E-state index contributed by atoms with van der Waals surface area (Å²) in [7, 11) is 8.79. The summed E-state index contributed by atoms with van der Waals surface area (Å²) < 4.78 is 16.3. The molecule has 146 valence electrons. The first-order chi connectivity index (χ1) is 13.5.